The van der Waals surface area contributed by atoms with E-state index in [0.717, 1.165) is 16.7 Å². The molecule has 0 aliphatic carbocycles. The third-order valence-electron chi connectivity index (χ3n) is 6.21. The maximum Gasteiger partial charge on any atom is 0.257 e. The van der Waals surface area contributed by atoms with Crippen LogP contribution in [0.4, 0.5) is 5.69 Å². The van der Waals surface area contributed by atoms with E-state index in [2.05, 4.69) is 15.6 Å². The Morgan fingerprint density at radius 2 is 1.50 bits per heavy atom. The Balaban J connectivity index is 1.21. The van der Waals surface area contributed by atoms with Crippen LogP contribution < -0.4 is 15.4 Å². The third-order valence-corrected chi connectivity index (χ3v) is 6.45. The van der Waals surface area contributed by atoms with Crippen LogP contribution >= 0.6 is 11.6 Å². The van der Waals surface area contributed by atoms with E-state index in [1.807, 2.05) is 66.7 Å². The normalized spacial score (nSPS) is 10.5. The average molecular weight is 548 g/mol. The first-order valence-electron chi connectivity index (χ1n) is 12.7. The fourth-order valence-corrected chi connectivity index (χ4v) is 4.30. The van der Waals surface area contributed by atoms with Gasteiger partial charge in [0, 0.05) is 40.1 Å². The Hall–Kier alpha value is -4.94. The molecule has 6 nitrogen and oxygen atoms in total. The summed E-state index contributed by atoms with van der Waals surface area (Å²) in [7, 11) is 0. The molecule has 0 saturated heterocycles. The lowest BCUT2D eigenvalue weighted by molar-refractivity contribution is 0.0950. The summed E-state index contributed by atoms with van der Waals surface area (Å²) in [5.41, 5.74) is 4.79. The molecule has 0 fully saturated rings. The molecule has 0 bridgehead atoms. The summed E-state index contributed by atoms with van der Waals surface area (Å²) in [5.74, 6) is 0.0790. The average Bonchev–Trinajstić information content (AvgIpc) is 3.00. The molecule has 2 N–H and O–H groups in total. The van der Waals surface area contributed by atoms with Crippen molar-refractivity contribution in [3.63, 3.8) is 0 Å². The molecule has 1 heterocycles. The minimum absolute atomic E-state index is 0.250. The van der Waals surface area contributed by atoms with E-state index in [4.69, 9.17) is 16.3 Å². The van der Waals surface area contributed by atoms with Crippen LogP contribution in [0.15, 0.2) is 121 Å². The van der Waals surface area contributed by atoms with Crippen molar-refractivity contribution in [2.45, 2.75) is 13.2 Å². The largest absolute Gasteiger partial charge is 0.488 e. The number of amides is 2. The highest BCUT2D eigenvalue weighted by molar-refractivity contribution is 6.30. The van der Waals surface area contributed by atoms with Crippen molar-refractivity contribution in [2.75, 3.05) is 5.32 Å². The van der Waals surface area contributed by atoms with Gasteiger partial charge in [-0.15, -0.1) is 0 Å². The van der Waals surface area contributed by atoms with Crippen LogP contribution in [0.5, 0.6) is 5.75 Å². The maximum atomic E-state index is 13.0. The molecule has 0 aliphatic heterocycles. The molecule has 7 heteroatoms. The van der Waals surface area contributed by atoms with Crippen molar-refractivity contribution in [3.05, 3.63) is 149 Å². The molecule has 1 aromatic heterocycles. The van der Waals surface area contributed by atoms with Gasteiger partial charge in [0.2, 0.25) is 0 Å². The topological polar surface area (TPSA) is 80.3 Å². The number of nitrogens with one attached hydrogen (secondary N) is 2. The highest BCUT2D eigenvalue weighted by Gasteiger charge is 2.15. The number of ether oxygens (including phenoxy) is 1. The zero-order valence-corrected chi connectivity index (χ0v) is 22.3. The first kappa shape index (κ1) is 26.7. The molecule has 40 heavy (non-hydrogen) atoms. The molecule has 5 rings (SSSR count). The Labute approximate surface area is 237 Å². The van der Waals surface area contributed by atoms with E-state index < -0.39 is 0 Å². The van der Waals surface area contributed by atoms with Gasteiger partial charge in [0.05, 0.1) is 11.3 Å². The van der Waals surface area contributed by atoms with Crippen molar-refractivity contribution in [3.8, 4) is 17.0 Å². The fourth-order valence-electron chi connectivity index (χ4n) is 4.14. The summed E-state index contributed by atoms with van der Waals surface area (Å²) in [5, 5.41) is 6.37. The van der Waals surface area contributed by atoms with Crippen LogP contribution in [-0.4, -0.2) is 16.8 Å². The Kier molecular flexibility index (Phi) is 8.49. The van der Waals surface area contributed by atoms with E-state index in [1.165, 1.54) is 0 Å². The van der Waals surface area contributed by atoms with Crippen LogP contribution in [-0.2, 0) is 13.2 Å². The van der Waals surface area contributed by atoms with E-state index in [-0.39, 0.29) is 18.4 Å². The molecule has 198 valence electrons. The van der Waals surface area contributed by atoms with Crippen molar-refractivity contribution in [1.29, 1.82) is 0 Å². The summed E-state index contributed by atoms with van der Waals surface area (Å²) in [6.07, 6.45) is 1.66. The molecular weight excluding hydrogens is 522 g/mol. The summed E-state index contributed by atoms with van der Waals surface area (Å²) < 4.78 is 5.99. The molecular formula is C33H26ClN3O3. The number of rotatable bonds is 9. The second-order valence-corrected chi connectivity index (χ2v) is 9.44. The molecule has 2 amide bonds. The fraction of sp³-hybridized carbons (Fsp3) is 0.0606. The second kappa shape index (κ2) is 12.7. The number of nitrogens with zero attached hydrogens (tertiary/aromatic N) is 1. The number of halogens is 1. The number of aromatic nitrogens is 1. The summed E-state index contributed by atoms with van der Waals surface area (Å²) >= 11 is 6.19. The van der Waals surface area contributed by atoms with Crippen LogP contribution in [0.25, 0.3) is 11.3 Å². The number of hydrogen-bond donors (Lipinski definition) is 2. The molecule has 0 radical (unpaired) electrons. The van der Waals surface area contributed by atoms with Crippen LogP contribution in [0.2, 0.25) is 5.02 Å². The molecule has 4 aromatic carbocycles. The highest BCUT2D eigenvalue weighted by Crippen LogP contribution is 2.25. The lowest BCUT2D eigenvalue weighted by Gasteiger charge is -2.13. The van der Waals surface area contributed by atoms with Gasteiger partial charge in [0.1, 0.15) is 12.4 Å². The Bertz CT molecular complexity index is 1610. The van der Waals surface area contributed by atoms with Crippen molar-refractivity contribution < 1.29 is 14.3 Å². The van der Waals surface area contributed by atoms with E-state index in [0.29, 0.717) is 39.9 Å². The molecule has 0 unspecified atom stereocenters. The zero-order chi connectivity index (χ0) is 27.7. The van der Waals surface area contributed by atoms with E-state index in [9.17, 15) is 9.59 Å². The van der Waals surface area contributed by atoms with Gasteiger partial charge in [0.15, 0.2) is 0 Å². The van der Waals surface area contributed by atoms with Gasteiger partial charge in [-0.1, -0.05) is 78.3 Å². The first-order valence-corrected chi connectivity index (χ1v) is 13.1. The van der Waals surface area contributed by atoms with Gasteiger partial charge in [-0.25, -0.2) is 0 Å². The Morgan fingerprint density at radius 3 is 2.25 bits per heavy atom. The van der Waals surface area contributed by atoms with Gasteiger partial charge in [-0.3, -0.25) is 14.6 Å². The van der Waals surface area contributed by atoms with Gasteiger partial charge in [0.25, 0.3) is 11.8 Å². The SMILES string of the molecule is O=C(NCc1ccc(Cl)cc1OCc1ccccc1)c1ccc(NC(=O)c2cccnc2-c2ccccc2)cc1. The number of anilines is 1. The molecule has 0 atom stereocenters. The van der Waals surface area contributed by atoms with Gasteiger partial charge >= 0.3 is 0 Å². The molecule has 0 spiro atoms. The predicted octanol–water partition coefficient (Wildman–Crippen LogP) is 7.16. The van der Waals surface area contributed by atoms with Gasteiger partial charge < -0.3 is 15.4 Å². The number of carbonyl (C=O) groups is 2. The lowest BCUT2D eigenvalue weighted by atomic mass is 10.1. The molecule has 0 saturated carbocycles. The number of pyridine rings is 1. The van der Waals surface area contributed by atoms with Crippen molar-refractivity contribution in [1.82, 2.24) is 10.3 Å². The second-order valence-electron chi connectivity index (χ2n) is 9.01. The number of carbonyl (C=O) groups excluding carboxylic acids is 2. The third kappa shape index (κ3) is 6.73. The number of hydrogen-bond acceptors (Lipinski definition) is 4. The van der Waals surface area contributed by atoms with Gasteiger partial charge in [-0.05, 0) is 54.1 Å². The summed E-state index contributed by atoms with van der Waals surface area (Å²) in [6.45, 7) is 0.656. The standard InChI is InChI=1S/C33H26ClN3O3/c34-27-16-13-26(30(20-27)40-22-23-8-3-1-4-9-23)21-36-32(38)25-14-17-28(18-15-25)37-33(39)29-12-7-19-35-31(29)24-10-5-2-6-11-24/h1-20H,21-22H2,(H,36,38)(H,37,39). The van der Waals surface area contributed by atoms with Crippen LogP contribution in [0.1, 0.15) is 31.8 Å². The highest BCUT2D eigenvalue weighted by atomic mass is 35.5. The molecule has 5 aromatic rings. The summed E-state index contributed by atoms with van der Waals surface area (Å²) in [4.78, 5) is 30.3. The number of benzene rings is 4. The Morgan fingerprint density at radius 1 is 0.775 bits per heavy atom. The zero-order valence-electron chi connectivity index (χ0n) is 21.5. The quantitative estimate of drug-likeness (QED) is 0.205. The van der Waals surface area contributed by atoms with E-state index in [1.54, 1.807) is 54.7 Å². The van der Waals surface area contributed by atoms with Crippen molar-refractivity contribution in [2.24, 2.45) is 0 Å². The lowest BCUT2D eigenvalue weighted by Crippen LogP contribution is -2.23. The van der Waals surface area contributed by atoms with Crippen LogP contribution in [0.3, 0.4) is 0 Å². The van der Waals surface area contributed by atoms with Crippen molar-refractivity contribution >= 4 is 29.1 Å². The maximum absolute atomic E-state index is 13.0. The minimum Gasteiger partial charge on any atom is -0.488 e. The minimum atomic E-state index is -0.282. The summed E-state index contributed by atoms with van der Waals surface area (Å²) in [6, 6.07) is 34.9. The predicted molar refractivity (Wildman–Crippen MR) is 157 cm³/mol. The smallest absolute Gasteiger partial charge is 0.257 e. The first-order chi connectivity index (χ1) is 19.6. The monoisotopic (exact) mass is 547 g/mol. The van der Waals surface area contributed by atoms with E-state index >= 15 is 0 Å². The van der Waals surface area contributed by atoms with Crippen LogP contribution in [0, 0.1) is 0 Å². The van der Waals surface area contributed by atoms with Gasteiger partial charge in [-0.2, -0.15) is 0 Å². The molecule has 0 aliphatic rings.